The van der Waals surface area contributed by atoms with Crippen LogP contribution in [0.2, 0.25) is 0 Å². The number of rotatable bonds is 0. The minimum Gasteiger partial charge on any atom is -0.461 e. The number of fused-ring (bicyclic) bond motifs is 7. The van der Waals surface area contributed by atoms with Crippen molar-refractivity contribution in [2.75, 3.05) is 0 Å². The summed E-state index contributed by atoms with van der Waals surface area (Å²) in [6, 6.07) is 0. The first-order valence-corrected chi connectivity index (χ1v) is 14.1. The average molecular weight is 497 g/mol. The summed E-state index contributed by atoms with van der Waals surface area (Å²) in [5, 5.41) is 24.1. The van der Waals surface area contributed by atoms with E-state index in [0.29, 0.717) is 12.8 Å². The van der Waals surface area contributed by atoms with Crippen LogP contribution in [0, 0.1) is 58.7 Å². The molecule has 0 aromatic heterocycles. The van der Waals surface area contributed by atoms with Crippen molar-refractivity contribution in [3.63, 3.8) is 0 Å². The van der Waals surface area contributed by atoms with Gasteiger partial charge in [0.1, 0.15) is 12.2 Å². The molecule has 2 heterocycles. The number of carbonyl (C=O) groups excluding carboxylic acids is 2. The SMILES string of the molecule is CC1=C[C@@H]2[C@H]3[C@H](C(C)=C4[C@@H]5OC(=O)[C@@H](C)[C@@H]5CC[C@](C)(O)[C@@H]43)[C@]13[C@@H]2[C@@](C)(O)CC[C@H]1[C@H](C)C(=O)O[C@@H]13. The van der Waals surface area contributed by atoms with E-state index in [2.05, 4.69) is 19.9 Å². The Morgan fingerprint density at radius 2 is 1.50 bits per heavy atom. The molecule has 14 atom stereocenters. The van der Waals surface area contributed by atoms with Crippen molar-refractivity contribution >= 4 is 11.9 Å². The molecule has 6 heteroatoms. The Morgan fingerprint density at radius 1 is 0.889 bits per heavy atom. The Labute approximate surface area is 213 Å². The van der Waals surface area contributed by atoms with Crippen LogP contribution in [-0.2, 0) is 19.1 Å². The maximum absolute atomic E-state index is 13.0. The minimum absolute atomic E-state index is 0.0486. The molecule has 0 aromatic carbocycles. The van der Waals surface area contributed by atoms with Crippen molar-refractivity contribution < 1.29 is 29.3 Å². The summed E-state index contributed by atoms with van der Waals surface area (Å²) in [7, 11) is 0. The van der Waals surface area contributed by atoms with Gasteiger partial charge in [-0.2, -0.15) is 0 Å². The van der Waals surface area contributed by atoms with Gasteiger partial charge in [-0.15, -0.1) is 0 Å². The zero-order valence-corrected chi connectivity index (χ0v) is 22.3. The number of allylic oxidation sites excluding steroid dienone is 2. The van der Waals surface area contributed by atoms with Gasteiger partial charge in [0.25, 0.3) is 0 Å². The highest BCUT2D eigenvalue weighted by Crippen LogP contribution is 2.78. The molecular weight excluding hydrogens is 456 g/mol. The Morgan fingerprint density at radius 3 is 2.22 bits per heavy atom. The fraction of sp³-hybridized carbons (Fsp3) is 0.800. The van der Waals surface area contributed by atoms with E-state index >= 15 is 0 Å². The zero-order chi connectivity index (χ0) is 25.7. The van der Waals surface area contributed by atoms with Gasteiger partial charge in [0.05, 0.1) is 23.0 Å². The molecule has 2 aliphatic heterocycles. The van der Waals surface area contributed by atoms with Gasteiger partial charge < -0.3 is 19.7 Å². The fourth-order valence-electron chi connectivity index (χ4n) is 11.0. The second-order valence-electron chi connectivity index (χ2n) is 13.9. The van der Waals surface area contributed by atoms with Crippen LogP contribution in [0.25, 0.3) is 0 Å². The summed E-state index contributed by atoms with van der Waals surface area (Å²) in [6.45, 7) is 12.2. The third-order valence-corrected chi connectivity index (χ3v) is 12.4. The van der Waals surface area contributed by atoms with Crippen LogP contribution in [0.15, 0.2) is 22.8 Å². The molecule has 0 radical (unpaired) electrons. The minimum atomic E-state index is -0.931. The highest BCUT2D eigenvalue weighted by molar-refractivity contribution is 5.76. The number of carbonyl (C=O) groups is 2. The molecule has 0 amide bonds. The van der Waals surface area contributed by atoms with Crippen molar-refractivity contribution in [2.45, 2.75) is 90.6 Å². The van der Waals surface area contributed by atoms with Crippen LogP contribution in [0.1, 0.15) is 67.2 Å². The number of hydrogen-bond donors (Lipinski definition) is 2. The summed E-state index contributed by atoms with van der Waals surface area (Å²) in [5.74, 6) is -0.460. The molecule has 7 rings (SSSR count). The van der Waals surface area contributed by atoms with E-state index in [4.69, 9.17) is 9.47 Å². The zero-order valence-electron chi connectivity index (χ0n) is 22.3. The van der Waals surface area contributed by atoms with E-state index in [0.717, 1.165) is 18.4 Å². The maximum atomic E-state index is 13.0. The highest BCUT2D eigenvalue weighted by Gasteiger charge is 2.78. The molecule has 6 nitrogen and oxygen atoms in total. The van der Waals surface area contributed by atoms with Crippen molar-refractivity contribution in [3.8, 4) is 0 Å². The first-order chi connectivity index (χ1) is 16.8. The summed E-state index contributed by atoms with van der Waals surface area (Å²) in [4.78, 5) is 25.7. The Hall–Kier alpha value is -1.66. The van der Waals surface area contributed by atoms with E-state index in [1.54, 1.807) is 0 Å². The van der Waals surface area contributed by atoms with E-state index < -0.39 is 16.6 Å². The molecular formula is C30H40O6. The lowest BCUT2D eigenvalue weighted by Gasteiger charge is -2.47. The second kappa shape index (κ2) is 6.85. The molecule has 2 N–H and O–H groups in total. The van der Waals surface area contributed by atoms with Gasteiger partial charge in [0.15, 0.2) is 0 Å². The lowest BCUT2D eigenvalue weighted by molar-refractivity contribution is -0.153. The van der Waals surface area contributed by atoms with Crippen LogP contribution >= 0.6 is 0 Å². The van der Waals surface area contributed by atoms with Crippen molar-refractivity contribution in [1.82, 2.24) is 0 Å². The first kappa shape index (κ1) is 23.5. The van der Waals surface area contributed by atoms with Gasteiger partial charge >= 0.3 is 11.9 Å². The highest BCUT2D eigenvalue weighted by atomic mass is 16.6. The number of aliphatic hydroxyl groups is 2. The molecule has 7 aliphatic rings. The second-order valence-corrected chi connectivity index (χ2v) is 13.9. The summed E-state index contributed by atoms with van der Waals surface area (Å²) in [6.07, 6.45) is 4.59. The first-order valence-electron chi connectivity index (χ1n) is 14.1. The van der Waals surface area contributed by atoms with E-state index in [1.807, 2.05) is 27.7 Å². The number of hydrogen-bond acceptors (Lipinski definition) is 6. The predicted octanol–water partition coefficient (Wildman–Crippen LogP) is 3.80. The van der Waals surface area contributed by atoms with Crippen LogP contribution in [0.5, 0.6) is 0 Å². The van der Waals surface area contributed by atoms with E-state index in [-0.39, 0.29) is 77.4 Å². The van der Waals surface area contributed by atoms with Gasteiger partial charge in [0.2, 0.25) is 0 Å². The maximum Gasteiger partial charge on any atom is 0.309 e. The quantitative estimate of drug-likeness (QED) is 0.391. The largest absolute Gasteiger partial charge is 0.461 e. The Bertz CT molecular complexity index is 1130. The molecule has 0 unspecified atom stereocenters. The monoisotopic (exact) mass is 496 g/mol. The number of esters is 2. The molecule has 5 aliphatic carbocycles. The molecule has 2 saturated heterocycles. The third-order valence-electron chi connectivity index (χ3n) is 12.4. The lowest BCUT2D eigenvalue weighted by atomic mass is 9.58. The average Bonchev–Trinajstić information content (AvgIpc) is 3.49. The van der Waals surface area contributed by atoms with Crippen LogP contribution < -0.4 is 0 Å². The van der Waals surface area contributed by atoms with Crippen LogP contribution in [0.4, 0.5) is 0 Å². The predicted molar refractivity (Wildman–Crippen MR) is 131 cm³/mol. The van der Waals surface area contributed by atoms with Crippen LogP contribution in [0.3, 0.4) is 0 Å². The Kier molecular flexibility index (Phi) is 4.46. The topological polar surface area (TPSA) is 93.1 Å². The van der Waals surface area contributed by atoms with Crippen molar-refractivity contribution in [1.29, 1.82) is 0 Å². The molecule has 0 spiro atoms. The fourth-order valence-corrected chi connectivity index (χ4v) is 11.0. The molecule has 0 aromatic rings. The molecule has 36 heavy (non-hydrogen) atoms. The molecule has 2 bridgehead atoms. The Balaban J connectivity index is 1.47. The molecule has 5 fully saturated rings. The van der Waals surface area contributed by atoms with Crippen LogP contribution in [-0.4, -0.2) is 45.6 Å². The van der Waals surface area contributed by atoms with Gasteiger partial charge in [-0.1, -0.05) is 31.1 Å². The normalized spacial score (nSPS) is 58.8. The van der Waals surface area contributed by atoms with Gasteiger partial charge in [-0.3, -0.25) is 9.59 Å². The van der Waals surface area contributed by atoms with E-state index in [9.17, 15) is 19.8 Å². The summed E-state index contributed by atoms with van der Waals surface area (Å²) < 4.78 is 12.4. The lowest BCUT2D eigenvalue weighted by Crippen LogP contribution is -2.51. The molecule has 196 valence electrons. The van der Waals surface area contributed by atoms with E-state index in [1.165, 1.54) is 11.1 Å². The van der Waals surface area contributed by atoms with Gasteiger partial charge in [-0.05, 0) is 76.7 Å². The summed E-state index contributed by atoms with van der Waals surface area (Å²) in [5.41, 5.74) is 1.23. The standard InChI is InChI=1S/C30H40O6/c1-12-11-18-20-21(30(12)24(18)29(6,34)10-8-17-14(3)27(32)36-25(17)30)15(4)19-22(20)28(5,33)9-7-16-13(2)26(31)35-23(16)19/h11,13-14,16-18,20-25,33-34H,7-10H2,1-6H3/t13-,14-,16-,17-,18+,20-,21-,22-,23+,24-,25-,28-,29-,30-/m0/s1. The van der Waals surface area contributed by atoms with Crippen molar-refractivity contribution in [3.05, 3.63) is 22.8 Å². The van der Waals surface area contributed by atoms with Gasteiger partial charge in [0, 0.05) is 29.1 Å². The molecule has 3 saturated carbocycles. The smallest absolute Gasteiger partial charge is 0.309 e. The van der Waals surface area contributed by atoms with Crippen molar-refractivity contribution in [2.24, 2.45) is 58.7 Å². The third kappa shape index (κ3) is 2.43. The number of ether oxygens (including phenoxy) is 2. The van der Waals surface area contributed by atoms with Gasteiger partial charge in [-0.25, -0.2) is 0 Å². The summed E-state index contributed by atoms with van der Waals surface area (Å²) >= 11 is 0.